The Balaban J connectivity index is 1.86. The summed E-state index contributed by atoms with van der Waals surface area (Å²) in [6, 6.07) is 5.82. The van der Waals surface area contributed by atoms with Gasteiger partial charge < -0.3 is 14.7 Å². The van der Waals surface area contributed by atoms with E-state index in [9.17, 15) is 24.8 Å². The number of non-ortho nitro benzene ring substituents is 1. The molecule has 0 radical (unpaired) electrons. The number of amides is 1. The Bertz CT molecular complexity index is 942. The number of rotatable bonds is 6. The van der Waals surface area contributed by atoms with Crippen molar-refractivity contribution in [2.45, 2.75) is 13.3 Å². The van der Waals surface area contributed by atoms with Crippen molar-refractivity contribution in [2.24, 2.45) is 5.41 Å². The number of hydrogen-bond acceptors (Lipinski definition) is 7. The van der Waals surface area contributed by atoms with E-state index in [0.29, 0.717) is 11.4 Å². The highest BCUT2D eigenvalue weighted by atomic mass is 16.6. The summed E-state index contributed by atoms with van der Waals surface area (Å²) in [4.78, 5) is 36.4. The summed E-state index contributed by atoms with van der Waals surface area (Å²) in [5.74, 6) is -1.45. The molecule has 11 heteroatoms. The summed E-state index contributed by atoms with van der Waals surface area (Å²) in [6.45, 7) is 1.91. The summed E-state index contributed by atoms with van der Waals surface area (Å²) in [5, 5.41) is 28.4. The molecular formula is C17H19N5O6. The number of nitro benzene ring substituents is 1. The summed E-state index contributed by atoms with van der Waals surface area (Å²) in [7, 11) is 1.42. The SMILES string of the molecule is COCC1(C(=O)O)CCN(C(=O)c2nnn(-c3cccc([N+](=O)[O-])c3)c2C)C1. The van der Waals surface area contributed by atoms with Crippen LogP contribution in [-0.4, -0.2) is 68.6 Å². The number of carbonyl (C=O) groups is 2. The number of nitro groups is 1. The number of nitrogens with zero attached hydrogens (tertiary/aromatic N) is 5. The number of carboxylic acids is 1. The lowest BCUT2D eigenvalue weighted by Gasteiger charge is -2.23. The molecule has 1 aliphatic heterocycles. The molecule has 1 unspecified atom stereocenters. The monoisotopic (exact) mass is 389 g/mol. The van der Waals surface area contributed by atoms with Gasteiger partial charge in [-0.3, -0.25) is 19.7 Å². The zero-order valence-electron chi connectivity index (χ0n) is 15.4. The lowest BCUT2D eigenvalue weighted by Crippen LogP contribution is -2.40. The van der Waals surface area contributed by atoms with Crippen molar-refractivity contribution < 1.29 is 24.4 Å². The van der Waals surface area contributed by atoms with Crippen molar-refractivity contribution in [1.29, 1.82) is 0 Å². The van der Waals surface area contributed by atoms with Crippen LogP contribution in [0.3, 0.4) is 0 Å². The molecule has 1 fully saturated rings. The Morgan fingerprint density at radius 2 is 2.18 bits per heavy atom. The van der Waals surface area contributed by atoms with E-state index in [1.807, 2.05) is 0 Å². The van der Waals surface area contributed by atoms with Gasteiger partial charge in [-0.1, -0.05) is 11.3 Å². The smallest absolute Gasteiger partial charge is 0.313 e. The zero-order chi connectivity index (χ0) is 20.5. The van der Waals surface area contributed by atoms with E-state index in [2.05, 4.69) is 10.3 Å². The highest BCUT2D eigenvalue weighted by Crippen LogP contribution is 2.32. The lowest BCUT2D eigenvalue weighted by molar-refractivity contribution is -0.384. The Kier molecular flexibility index (Phi) is 5.10. The maximum atomic E-state index is 12.9. The van der Waals surface area contributed by atoms with Gasteiger partial charge in [0.25, 0.3) is 11.6 Å². The summed E-state index contributed by atoms with van der Waals surface area (Å²) in [6.07, 6.45) is 0.278. The Morgan fingerprint density at radius 3 is 2.82 bits per heavy atom. The first-order valence-electron chi connectivity index (χ1n) is 8.48. The van der Waals surface area contributed by atoms with Crippen LogP contribution < -0.4 is 0 Å². The Labute approximate surface area is 159 Å². The number of benzene rings is 1. The molecule has 1 N–H and O–H groups in total. The number of carboxylic acid groups (broad SMARTS) is 1. The Hall–Kier alpha value is -3.34. The summed E-state index contributed by atoms with van der Waals surface area (Å²) < 4.78 is 6.38. The van der Waals surface area contributed by atoms with Crippen LogP contribution in [0.2, 0.25) is 0 Å². The van der Waals surface area contributed by atoms with Crippen LogP contribution in [0.5, 0.6) is 0 Å². The lowest BCUT2D eigenvalue weighted by atomic mass is 9.88. The average Bonchev–Trinajstić information content (AvgIpc) is 3.26. The third-order valence-electron chi connectivity index (χ3n) is 4.90. The quantitative estimate of drug-likeness (QED) is 0.571. The van der Waals surface area contributed by atoms with E-state index in [1.54, 1.807) is 13.0 Å². The van der Waals surface area contributed by atoms with Gasteiger partial charge in [-0.15, -0.1) is 5.10 Å². The number of carbonyl (C=O) groups excluding carboxylic acids is 1. The van der Waals surface area contributed by atoms with Gasteiger partial charge in [0, 0.05) is 32.3 Å². The van der Waals surface area contributed by atoms with Crippen LogP contribution in [-0.2, 0) is 9.53 Å². The minimum atomic E-state index is -1.14. The van der Waals surface area contributed by atoms with Gasteiger partial charge in [0.15, 0.2) is 5.69 Å². The first kappa shape index (κ1) is 19.4. The van der Waals surface area contributed by atoms with Crippen LogP contribution in [0.15, 0.2) is 24.3 Å². The molecule has 3 rings (SSSR count). The zero-order valence-corrected chi connectivity index (χ0v) is 15.4. The third-order valence-corrected chi connectivity index (χ3v) is 4.90. The van der Waals surface area contributed by atoms with E-state index in [-0.39, 0.29) is 37.5 Å². The molecule has 1 saturated heterocycles. The fraction of sp³-hybridized carbons (Fsp3) is 0.412. The van der Waals surface area contributed by atoms with E-state index in [0.717, 1.165) is 0 Å². The second-order valence-corrected chi connectivity index (χ2v) is 6.71. The molecule has 28 heavy (non-hydrogen) atoms. The fourth-order valence-corrected chi connectivity index (χ4v) is 3.34. The van der Waals surface area contributed by atoms with Gasteiger partial charge in [-0.2, -0.15) is 0 Å². The molecule has 11 nitrogen and oxygen atoms in total. The number of methoxy groups -OCH3 is 1. The molecule has 1 aliphatic rings. The summed E-state index contributed by atoms with van der Waals surface area (Å²) in [5.41, 5.74) is -0.367. The van der Waals surface area contributed by atoms with E-state index in [4.69, 9.17) is 4.74 Å². The number of aliphatic carboxylic acids is 1. The van der Waals surface area contributed by atoms with Crippen LogP contribution >= 0.6 is 0 Å². The van der Waals surface area contributed by atoms with Crippen LogP contribution in [0, 0.1) is 22.5 Å². The molecule has 1 atom stereocenters. The number of ether oxygens (including phenoxy) is 1. The van der Waals surface area contributed by atoms with Gasteiger partial charge >= 0.3 is 5.97 Å². The van der Waals surface area contributed by atoms with Crippen molar-refractivity contribution >= 4 is 17.6 Å². The molecule has 2 aromatic rings. The third kappa shape index (κ3) is 3.31. The van der Waals surface area contributed by atoms with Gasteiger partial charge in [-0.05, 0) is 19.4 Å². The molecule has 0 bridgehead atoms. The maximum absolute atomic E-state index is 12.9. The molecular weight excluding hydrogens is 370 g/mol. The minimum Gasteiger partial charge on any atom is -0.481 e. The molecule has 1 aromatic heterocycles. The van der Waals surface area contributed by atoms with E-state index < -0.39 is 22.2 Å². The van der Waals surface area contributed by atoms with Crippen molar-refractivity contribution in [3.8, 4) is 5.69 Å². The van der Waals surface area contributed by atoms with Crippen LogP contribution in [0.4, 0.5) is 5.69 Å². The molecule has 2 heterocycles. The first-order chi connectivity index (χ1) is 13.3. The van der Waals surface area contributed by atoms with E-state index >= 15 is 0 Å². The highest BCUT2D eigenvalue weighted by molar-refractivity contribution is 5.94. The number of aromatic nitrogens is 3. The number of likely N-dealkylation sites (tertiary alicyclic amines) is 1. The van der Waals surface area contributed by atoms with E-state index in [1.165, 1.54) is 34.9 Å². The van der Waals surface area contributed by atoms with Gasteiger partial charge in [-0.25, -0.2) is 4.68 Å². The van der Waals surface area contributed by atoms with Crippen LogP contribution in [0.25, 0.3) is 5.69 Å². The molecule has 1 aromatic carbocycles. The molecule has 0 spiro atoms. The standard InChI is InChI=1S/C17H19N5O6/c1-11-14(15(23)20-7-6-17(9-20,10-28-2)16(24)25)18-19-21(11)12-4-3-5-13(8-12)22(26)27/h3-5,8H,6-7,9-10H2,1-2H3,(H,24,25). The predicted molar refractivity (Wildman–Crippen MR) is 95.2 cm³/mol. The second-order valence-electron chi connectivity index (χ2n) is 6.71. The topological polar surface area (TPSA) is 141 Å². The largest absolute Gasteiger partial charge is 0.481 e. The highest BCUT2D eigenvalue weighted by Gasteiger charge is 2.47. The van der Waals surface area contributed by atoms with Gasteiger partial charge in [0.05, 0.1) is 22.9 Å². The first-order valence-corrected chi connectivity index (χ1v) is 8.48. The normalized spacial score (nSPS) is 19.0. The maximum Gasteiger partial charge on any atom is 0.313 e. The van der Waals surface area contributed by atoms with Gasteiger partial charge in [0.2, 0.25) is 0 Å². The second kappa shape index (κ2) is 7.35. The Morgan fingerprint density at radius 1 is 1.43 bits per heavy atom. The van der Waals surface area contributed by atoms with Crippen molar-refractivity contribution in [3.05, 3.63) is 45.8 Å². The fourth-order valence-electron chi connectivity index (χ4n) is 3.34. The van der Waals surface area contributed by atoms with Crippen LogP contribution in [0.1, 0.15) is 22.6 Å². The van der Waals surface area contributed by atoms with Crippen molar-refractivity contribution in [3.63, 3.8) is 0 Å². The number of hydrogen-bond donors (Lipinski definition) is 1. The van der Waals surface area contributed by atoms with Crippen molar-refractivity contribution in [1.82, 2.24) is 19.9 Å². The molecule has 0 aliphatic carbocycles. The summed E-state index contributed by atoms with van der Waals surface area (Å²) >= 11 is 0. The predicted octanol–water partition coefficient (Wildman–Crippen LogP) is 1.05. The van der Waals surface area contributed by atoms with Gasteiger partial charge in [0.1, 0.15) is 5.41 Å². The average molecular weight is 389 g/mol. The molecule has 0 saturated carbocycles. The molecule has 148 valence electrons. The van der Waals surface area contributed by atoms with Crippen molar-refractivity contribution in [2.75, 3.05) is 26.8 Å². The molecule has 1 amide bonds. The minimum absolute atomic E-state index is 0.00543.